The van der Waals surface area contributed by atoms with Crippen LogP contribution >= 0.6 is 0 Å². The fourth-order valence-electron chi connectivity index (χ4n) is 7.27. The molecule has 8 nitrogen and oxygen atoms in total. The van der Waals surface area contributed by atoms with Gasteiger partial charge in [0, 0.05) is 43.9 Å². The number of hydrogen-bond acceptors (Lipinski definition) is 5. The highest BCUT2D eigenvalue weighted by Gasteiger charge is 2.55. The predicted octanol–water partition coefficient (Wildman–Crippen LogP) is 3.93. The molecule has 0 spiro atoms. The molecule has 212 valence electrons. The van der Waals surface area contributed by atoms with E-state index in [1.54, 1.807) is 12.1 Å². The molecule has 3 aromatic carbocycles. The number of benzene rings is 3. The molecule has 0 saturated carbocycles. The number of likely N-dealkylation sites (tertiary alicyclic amines) is 1. The maximum absolute atomic E-state index is 14.5. The first-order valence-corrected chi connectivity index (χ1v) is 14.5. The number of aromatic nitrogens is 1. The Kier molecular flexibility index (Phi) is 6.50. The van der Waals surface area contributed by atoms with Crippen LogP contribution < -0.4 is 10.9 Å². The number of urea groups is 1. The first-order chi connectivity index (χ1) is 20.4. The van der Waals surface area contributed by atoms with Gasteiger partial charge in [-0.25, -0.2) is 4.79 Å². The van der Waals surface area contributed by atoms with E-state index in [-0.39, 0.29) is 36.9 Å². The Morgan fingerprint density at radius 3 is 2.40 bits per heavy atom. The van der Waals surface area contributed by atoms with Crippen molar-refractivity contribution in [1.82, 2.24) is 19.7 Å². The summed E-state index contributed by atoms with van der Waals surface area (Å²) in [5.74, 6) is -0.665. The molecule has 0 unspecified atom stereocenters. The second-order valence-corrected chi connectivity index (χ2v) is 11.9. The van der Waals surface area contributed by atoms with E-state index in [1.807, 2.05) is 83.4 Å². The lowest BCUT2D eigenvalue weighted by molar-refractivity contribution is -0.154. The van der Waals surface area contributed by atoms with Crippen molar-refractivity contribution < 1.29 is 14.4 Å². The molecule has 8 heteroatoms. The quantitative estimate of drug-likeness (QED) is 0.361. The van der Waals surface area contributed by atoms with Crippen molar-refractivity contribution in [3.8, 4) is 0 Å². The van der Waals surface area contributed by atoms with Gasteiger partial charge >= 0.3 is 6.03 Å². The molecule has 2 bridgehead atoms. The highest BCUT2D eigenvalue weighted by molar-refractivity contribution is 6.19. The second kappa shape index (κ2) is 10.4. The summed E-state index contributed by atoms with van der Waals surface area (Å²) in [5, 5.41) is 4.57. The number of barbiturate groups is 1. The van der Waals surface area contributed by atoms with Crippen molar-refractivity contribution >= 4 is 28.6 Å². The van der Waals surface area contributed by atoms with Crippen LogP contribution in [0.4, 0.5) is 4.79 Å². The van der Waals surface area contributed by atoms with E-state index >= 15 is 0 Å². The van der Waals surface area contributed by atoms with E-state index in [4.69, 9.17) is 0 Å². The van der Waals surface area contributed by atoms with E-state index in [9.17, 15) is 19.2 Å². The van der Waals surface area contributed by atoms with Gasteiger partial charge in [-0.1, -0.05) is 78.9 Å². The zero-order valence-corrected chi connectivity index (χ0v) is 23.2. The molecule has 1 aromatic heterocycles. The van der Waals surface area contributed by atoms with Gasteiger partial charge in [0.25, 0.3) is 5.56 Å². The number of nitrogens with one attached hydrogen (secondary N) is 1. The van der Waals surface area contributed by atoms with E-state index < -0.39 is 23.3 Å². The number of pyridine rings is 1. The maximum Gasteiger partial charge on any atom is 0.331 e. The van der Waals surface area contributed by atoms with Crippen molar-refractivity contribution in [2.24, 2.45) is 11.3 Å². The lowest BCUT2D eigenvalue weighted by atomic mass is 9.75. The molecular weight excluding hydrogens is 528 g/mol. The fourth-order valence-corrected chi connectivity index (χ4v) is 7.27. The summed E-state index contributed by atoms with van der Waals surface area (Å²) in [6, 6.07) is 28.0. The normalized spacial score (nSPS) is 24.0. The Hall–Kier alpha value is -4.56. The van der Waals surface area contributed by atoms with Crippen molar-refractivity contribution in [2.75, 3.05) is 19.6 Å². The summed E-state index contributed by atoms with van der Waals surface area (Å²) in [6.45, 7) is 2.18. The number of rotatable bonds is 6. The van der Waals surface area contributed by atoms with Crippen LogP contribution in [0.15, 0.2) is 95.8 Å². The van der Waals surface area contributed by atoms with Gasteiger partial charge in [-0.3, -0.25) is 24.6 Å². The summed E-state index contributed by atoms with van der Waals surface area (Å²) < 4.78 is 1.88. The highest BCUT2D eigenvalue weighted by atomic mass is 16.2. The molecule has 7 rings (SSSR count). The zero-order valence-electron chi connectivity index (χ0n) is 23.2. The van der Waals surface area contributed by atoms with E-state index in [0.29, 0.717) is 19.6 Å². The molecule has 42 heavy (non-hydrogen) atoms. The average molecular weight is 561 g/mol. The molecule has 3 atom stereocenters. The minimum Gasteiger partial charge on any atom is -0.312 e. The number of amides is 4. The second-order valence-electron chi connectivity index (χ2n) is 11.9. The van der Waals surface area contributed by atoms with E-state index in [0.717, 1.165) is 34.0 Å². The average Bonchev–Trinajstić information content (AvgIpc) is 2.99. The number of piperidine rings is 1. The number of fused-ring (bicyclic) bond motifs is 5. The first kappa shape index (κ1) is 26.3. The van der Waals surface area contributed by atoms with Crippen molar-refractivity contribution in [3.05, 3.63) is 118 Å². The largest absolute Gasteiger partial charge is 0.331 e. The molecule has 2 fully saturated rings. The Bertz CT molecular complexity index is 1760. The molecule has 0 aliphatic carbocycles. The molecule has 4 heterocycles. The van der Waals surface area contributed by atoms with Crippen LogP contribution in [-0.4, -0.2) is 51.8 Å². The number of hydrogen-bond donors (Lipinski definition) is 1. The topological polar surface area (TPSA) is 91.7 Å². The molecule has 3 aliphatic heterocycles. The third kappa shape index (κ3) is 4.52. The lowest BCUT2D eigenvalue weighted by Gasteiger charge is -2.47. The number of imide groups is 2. The van der Waals surface area contributed by atoms with Gasteiger partial charge in [-0.05, 0) is 46.7 Å². The van der Waals surface area contributed by atoms with Crippen LogP contribution in [0.2, 0.25) is 0 Å². The summed E-state index contributed by atoms with van der Waals surface area (Å²) in [6.07, 6.45) is 1.13. The van der Waals surface area contributed by atoms with Gasteiger partial charge < -0.3 is 9.47 Å². The van der Waals surface area contributed by atoms with E-state index in [1.165, 1.54) is 4.90 Å². The number of carbonyl (C=O) groups is 3. The van der Waals surface area contributed by atoms with Gasteiger partial charge in [0.2, 0.25) is 11.8 Å². The Morgan fingerprint density at radius 1 is 0.786 bits per heavy atom. The maximum atomic E-state index is 14.5. The molecule has 4 amide bonds. The Morgan fingerprint density at radius 2 is 1.55 bits per heavy atom. The monoisotopic (exact) mass is 560 g/mol. The van der Waals surface area contributed by atoms with Gasteiger partial charge in [0.05, 0.1) is 6.54 Å². The van der Waals surface area contributed by atoms with Gasteiger partial charge in [0.15, 0.2) is 0 Å². The molecule has 2 saturated heterocycles. The van der Waals surface area contributed by atoms with Crippen LogP contribution in [0, 0.1) is 11.3 Å². The van der Waals surface area contributed by atoms with Crippen LogP contribution in [0.1, 0.15) is 29.2 Å². The van der Waals surface area contributed by atoms with Crippen molar-refractivity contribution in [1.29, 1.82) is 0 Å². The smallest absolute Gasteiger partial charge is 0.312 e. The number of nitrogens with zero attached hydrogens (tertiary/aromatic N) is 3. The van der Waals surface area contributed by atoms with Gasteiger partial charge in [0.1, 0.15) is 5.41 Å². The van der Waals surface area contributed by atoms with Crippen molar-refractivity contribution in [3.63, 3.8) is 0 Å². The van der Waals surface area contributed by atoms with Crippen molar-refractivity contribution in [2.45, 2.75) is 31.8 Å². The third-order valence-corrected chi connectivity index (χ3v) is 9.16. The molecular formula is C34H32N4O4. The van der Waals surface area contributed by atoms with Gasteiger partial charge in [-0.15, -0.1) is 0 Å². The molecule has 3 aliphatic rings. The first-order valence-electron chi connectivity index (χ1n) is 14.5. The highest BCUT2D eigenvalue weighted by Crippen LogP contribution is 2.39. The Labute approximate surface area is 243 Å². The SMILES string of the molecule is O=C1NC(=O)[C@](Cc2cccc3ccccc23)(CN2C[C@H]3C[C@@H](C2)c2cccc(=O)n2C3)C(=O)N1Cc1ccccc1. The molecule has 1 N–H and O–H groups in total. The lowest BCUT2D eigenvalue weighted by Crippen LogP contribution is -2.67. The van der Waals surface area contributed by atoms with Crippen LogP contribution in [0.3, 0.4) is 0 Å². The third-order valence-electron chi connectivity index (χ3n) is 9.16. The fraction of sp³-hybridized carbons (Fsp3) is 0.294. The number of carbonyl (C=O) groups excluding carboxylic acids is 3. The summed E-state index contributed by atoms with van der Waals surface area (Å²) in [4.78, 5) is 57.6. The minimum absolute atomic E-state index is 0.0139. The zero-order chi connectivity index (χ0) is 28.8. The summed E-state index contributed by atoms with van der Waals surface area (Å²) in [7, 11) is 0. The summed E-state index contributed by atoms with van der Waals surface area (Å²) >= 11 is 0. The standard InChI is InChI=1S/C34H32N4O4/c39-30-15-7-14-29-27-16-24(20-37(29)30)18-36(21-27)22-34(17-26-12-6-11-25-10-4-5-13-28(25)26)31(40)35-33(42)38(32(34)41)19-23-8-2-1-3-9-23/h1-15,24,27H,16-22H2,(H,35,40,42)/t24-,27+,34+/m1/s1. The van der Waals surface area contributed by atoms with Crippen LogP contribution in [0.25, 0.3) is 10.8 Å². The molecule has 4 aromatic rings. The van der Waals surface area contributed by atoms with Crippen LogP contribution in [0.5, 0.6) is 0 Å². The van der Waals surface area contributed by atoms with E-state index in [2.05, 4.69) is 10.2 Å². The van der Waals surface area contributed by atoms with Gasteiger partial charge in [-0.2, -0.15) is 0 Å². The van der Waals surface area contributed by atoms with Crippen LogP contribution in [-0.2, 0) is 29.1 Å². The summed E-state index contributed by atoms with van der Waals surface area (Å²) in [5.41, 5.74) is 1.21. The predicted molar refractivity (Wildman–Crippen MR) is 159 cm³/mol. The minimum atomic E-state index is -1.51. The Balaban J connectivity index is 1.28. The molecule has 0 radical (unpaired) electrons.